The summed E-state index contributed by atoms with van der Waals surface area (Å²) in [6, 6.07) is 0. The van der Waals surface area contributed by atoms with E-state index in [1.54, 1.807) is 27.7 Å². The minimum atomic E-state index is -3.80. The maximum absolute atomic E-state index is 8.48. The first kappa shape index (κ1) is 6.14. The van der Waals surface area contributed by atoms with Gasteiger partial charge in [0.15, 0.2) is 5.13 Å². The van der Waals surface area contributed by atoms with Gasteiger partial charge in [0.2, 0.25) is 0 Å². The molecule has 0 aromatic carbocycles. The molecule has 2 fully saturated rings. The van der Waals surface area contributed by atoms with E-state index in [4.69, 9.17) is 27.1 Å². The van der Waals surface area contributed by atoms with Crippen molar-refractivity contribution in [3.8, 4) is 0 Å². The Hall–Kier alpha value is -0.585. The van der Waals surface area contributed by atoms with Crippen molar-refractivity contribution in [2.45, 2.75) is 58.5 Å². The summed E-state index contributed by atoms with van der Waals surface area (Å²) in [5.74, 6) is -3.78. The van der Waals surface area contributed by atoms with Gasteiger partial charge in [0, 0.05) is 35.6 Å². The third-order valence-corrected chi connectivity index (χ3v) is 4.66. The fourth-order valence-corrected chi connectivity index (χ4v) is 2.56. The molecule has 1 aromatic heterocycles. The number of anilines is 1. The van der Waals surface area contributed by atoms with Crippen molar-refractivity contribution < 1.29 is 27.1 Å². The lowest BCUT2D eigenvalue weighted by atomic mass is 9.89. The van der Waals surface area contributed by atoms with Gasteiger partial charge in [0.05, 0.1) is 17.3 Å². The van der Waals surface area contributed by atoms with E-state index in [2.05, 4.69) is 4.98 Å². The van der Waals surface area contributed by atoms with Crippen LogP contribution in [0.5, 0.6) is 0 Å². The van der Waals surface area contributed by atoms with Crippen LogP contribution in [0, 0.1) is 5.89 Å². The van der Waals surface area contributed by atoms with Crippen LogP contribution in [-0.4, -0.2) is 36.3 Å². The first-order chi connectivity index (χ1) is 14.8. The Balaban J connectivity index is 2.23. The van der Waals surface area contributed by atoms with Gasteiger partial charge in [0.25, 0.3) is 0 Å². The summed E-state index contributed by atoms with van der Waals surface area (Å²) in [4.78, 5) is 3.87. The quantitative estimate of drug-likeness (QED) is 0.785. The third-order valence-electron chi connectivity index (χ3n) is 3.70. The molecule has 2 saturated heterocycles. The molecule has 1 atom stereocenters. The van der Waals surface area contributed by atoms with E-state index in [-0.39, 0.29) is 9.68 Å². The van der Waals surface area contributed by atoms with E-state index < -0.39 is 68.1 Å². The highest BCUT2D eigenvalue weighted by atomic mass is 32.1. The molecule has 116 valence electrons. The second-order valence-electron chi connectivity index (χ2n) is 5.74. The minimum Gasteiger partial charge on any atom is -0.399 e. The van der Waals surface area contributed by atoms with E-state index in [1.165, 1.54) is 0 Å². The molecule has 2 aliphatic rings. The molecule has 0 N–H and O–H groups in total. The number of hydrogen-bond acceptors (Lipinski definition) is 5. The summed E-state index contributed by atoms with van der Waals surface area (Å²) in [5, 5.41) is -0.648. The number of nitrogens with zero attached hydrogens (tertiary/aromatic N) is 2. The molecule has 6 heteroatoms. The summed E-state index contributed by atoms with van der Waals surface area (Å²) >= 11 is 0.523. The van der Waals surface area contributed by atoms with Crippen molar-refractivity contribution in [1.29, 1.82) is 0 Å². The maximum atomic E-state index is 8.48. The van der Waals surface area contributed by atoms with Gasteiger partial charge in [-0.1, -0.05) is 6.85 Å². The zero-order chi connectivity index (χ0) is 26.7. The SMILES string of the molecule is [2H]c1nc(N2C([2H])([2H])C([2H])([2H])C([2H])([2H])C([2H])(C([2H])([2H])[2H])C2([2H])[2H])sc1B1OC(C)(C)C(C)(C)O1. The van der Waals surface area contributed by atoms with Crippen LogP contribution in [0.3, 0.4) is 0 Å². The van der Waals surface area contributed by atoms with Crippen molar-refractivity contribution in [2.75, 3.05) is 17.9 Å². The standard InChI is InChI=1S/C15H25BN2O2S/c1-11-7-6-8-18(10-11)13-17-9-12(21-13)16-19-14(2,3)15(4,5)20-16/h9,11H,6-8,10H2,1-5H3/i1D3,6D2,7D2,8D2,9D,10D2,11D. The van der Waals surface area contributed by atoms with Crippen molar-refractivity contribution in [3.05, 3.63) is 6.17 Å². The lowest BCUT2D eigenvalue weighted by molar-refractivity contribution is 0.00578. The number of piperidine rings is 1. The summed E-state index contributed by atoms with van der Waals surface area (Å²) in [7, 11) is -1.14. The van der Waals surface area contributed by atoms with Gasteiger partial charge in [-0.25, -0.2) is 4.98 Å². The largest absolute Gasteiger partial charge is 0.507 e. The van der Waals surface area contributed by atoms with Crippen molar-refractivity contribution in [3.63, 3.8) is 0 Å². The second kappa shape index (κ2) is 5.25. The molecule has 0 aliphatic carbocycles. The molecule has 4 nitrogen and oxygen atoms in total. The van der Waals surface area contributed by atoms with Crippen LogP contribution in [0.1, 0.15) is 65.1 Å². The Morgan fingerprint density at radius 2 is 2.24 bits per heavy atom. The van der Waals surface area contributed by atoms with E-state index in [0.29, 0.717) is 11.3 Å². The molecule has 0 bridgehead atoms. The van der Waals surface area contributed by atoms with Crippen LogP contribution in [0.4, 0.5) is 5.13 Å². The van der Waals surface area contributed by atoms with Crippen LogP contribution >= 0.6 is 11.3 Å². The second-order valence-corrected chi connectivity index (χ2v) is 6.75. The zero-order valence-electron chi connectivity index (χ0n) is 25.2. The molecular weight excluding hydrogens is 283 g/mol. The summed E-state index contributed by atoms with van der Waals surface area (Å²) < 4.78 is 118. The fraction of sp³-hybridized carbons (Fsp3) is 0.800. The molecule has 0 radical (unpaired) electrons. The van der Waals surface area contributed by atoms with Crippen LogP contribution in [0.2, 0.25) is 0 Å². The predicted molar refractivity (Wildman–Crippen MR) is 88.4 cm³/mol. The summed E-state index contributed by atoms with van der Waals surface area (Å²) in [6.45, 7) is -3.84. The van der Waals surface area contributed by atoms with Gasteiger partial charge < -0.3 is 14.2 Å². The Kier molecular flexibility index (Phi) is 1.53. The van der Waals surface area contributed by atoms with Crippen LogP contribution in [0.15, 0.2) is 6.17 Å². The van der Waals surface area contributed by atoms with Gasteiger partial charge in [0.1, 0.15) is 0 Å². The Bertz CT molecular complexity index is 979. The Morgan fingerprint density at radius 3 is 2.90 bits per heavy atom. The Labute approximate surface area is 150 Å². The van der Waals surface area contributed by atoms with Crippen LogP contribution in [0.25, 0.3) is 0 Å². The summed E-state index contributed by atoms with van der Waals surface area (Å²) in [6.07, 6.45) is -7.98. The van der Waals surface area contributed by atoms with Gasteiger partial charge in [-0.15, -0.1) is 11.3 Å². The van der Waals surface area contributed by atoms with Crippen molar-refractivity contribution in [2.24, 2.45) is 5.89 Å². The van der Waals surface area contributed by atoms with E-state index in [1.807, 2.05) is 0 Å². The first-order valence-electron chi connectivity index (χ1n) is 12.9. The average Bonchev–Trinajstić information content (AvgIpc) is 3.07. The molecule has 0 spiro atoms. The zero-order valence-corrected chi connectivity index (χ0v) is 13.0. The topological polar surface area (TPSA) is 34.6 Å². The Morgan fingerprint density at radius 1 is 1.52 bits per heavy atom. The maximum Gasteiger partial charge on any atom is 0.507 e. The van der Waals surface area contributed by atoms with Gasteiger partial charge in [-0.2, -0.15) is 0 Å². The molecule has 0 amide bonds. The van der Waals surface area contributed by atoms with Gasteiger partial charge >= 0.3 is 7.12 Å². The molecule has 0 saturated carbocycles. The molecular formula is C15H25BN2O2S. The van der Waals surface area contributed by atoms with Crippen LogP contribution in [-0.2, 0) is 9.31 Å². The molecule has 2 aliphatic heterocycles. The molecule has 1 aromatic rings. The lowest BCUT2D eigenvalue weighted by Gasteiger charge is -2.32. The van der Waals surface area contributed by atoms with E-state index in [9.17, 15) is 0 Å². The smallest absolute Gasteiger partial charge is 0.399 e. The monoisotopic (exact) mass is 321 g/mol. The normalized spacial score (nSPS) is 51.0. The lowest BCUT2D eigenvalue weighted by Crippen LogP contribution is -2.41. The highest BCUT2D eigenvalue weighted by Crippen LogP contribution is 2.37. The molecule has 1 unspecified atom stereocenters. The number of rotatable bonds is 2. The van der Waals surface area contributed by atoms with E-state index in [0.717, 1.165) is 0 Å². The number of aromatic nitrogens is 1. The number of hydrogen-bond donors (Lipinski definition) is 0. The highest BCUT2D eigenvalue weighted by molar-refractivity contribution is 7.25. The van der Waals surface area contributed by atoms with Gasteiger partial charge in [-0.3, -0.25) is 0 Å². The third kappa shape index (κ3) is 2.85. The molecule has 21 heavy (non-hydrogen) atoms. The first-order valence-corrected chi connectivity index (χ1v) is 7.26. The highest BCUT2D eigenvalue weighted by Gasteiger charge is 2.52. The van der Waals surface area contributed by atoms with Gasteiger partial charge in [-0.05, 0) is 46.3 Å². The summed E-state index contributed by atoms with van der Waals surface area (Å²) in [5.41, 5.74) is -1.62. The number of thiazole rings is 1. The van der Waals surface area contributed by atoms with Crippen molar-refractivity contribution >= 4 is 28.4 Å². The molecule has 3 heterocycles. The van der Waals surface area contributed by atoms with Crippen molar-refractivity contribution in [1.82, 2.24) is 4.98 Å². The van der Waals surface area contributed by atoms with E-state index >= 15 is 0 Å². The minimum absolute atomic E-state index is 0.00106. The average molecular weight is 321 g/mol. The van der Waals surface area contributed by atoms with Crippen LogP contribution < -0.4 is 9.68 Å². The fourth-order valence-electron chi connectivity index (χ4n) is 1.80. The predicted octanol–water partition coefficient (Wildman–Crippen LogP) is 2.68. The molecule has 3 rings (SSSR count).